The van der Waals surface area contributed by atoms with Crippen LogP contribution in [0.2, 0.25) is 0 Å². The van der Waals surface area contributed by atoms with Gasteiger partial charge in [-0.3, -0.25) is 4.79 Å². The number of allylic oxidation sites excluding steroid dienone is 2. The summed E-state index contributed by atoms with van der Waals surface area (Å²) in [5, 5.41) is 1.62. The van der Waals surface area contributed by atoms with Crippen molar-refractivity contribution < 1.29 is 4.79 Å². The lowest BCUT2D eigenvalue weighted by atomic mass is 10.1. The minimum absolute atomic E-state index is 0.0199. The van der Waals surface area contributed by atoms with Crippen molar-refractivity contribution in [3.05, 3.63) is 82.9 Å². The lowest BCUT2D eigenvalue weighted by Crippen LogP contribution is -1.86. The molecule has 0 saturated carbocycles. The van der Waals surface area contributed by atoms with Crippen molar-refractivity contribution in [1.29, 1.82) is 0 Å². The van der Waals surface area contributed by atoms with Crippen molar-refractivity contribution >= 4 is 49.8 Å². The molecule has 0 aliphatic rings. The predicted molar refractivity (Wildman–Crippen MR) is 101 cm³/mol. The Morgan fingerprint density at radius 1 is 0.818 bits per heavy atom. The zero-order valence-corrected chi connectivity index (χ0v) is 15.2. The average Bonchev–Trinajstić information content (AvgIpc) is 2.58. The van der Waals surface area contributed by atoms with Crippen LogP contribution >= 0.6 is 31.9 Å². The lowest BCUT2D eigenvalue weighted by Gasteiger charge is -1.97. The topological polar surface area (TPSA) is 17.1 Å². The van der Waals surface area contributed by atoms with Gasteiger partial charge in [0.05, 0.1) is 0 Å². The summed E-state index contributed by atoms with van der Waals surface area (Å²) in [5.41, 5.74) is 4.44. The van der Waals surface area contributed by atoms with E-state index in [0.29, 0.717) is 0 Å². The molecule has 0 unspecified atom stereocenters. The number of rotatable bonds is 6. The van der Waals surface area contributed by atoms with Gasteiger partial charge in [-0.2, -0.15) is 0 Å². The van der Waals surface area contributed by atoms with Crippen molar-refractivity contribution in [2.75, 3.05) is 0 Å². The fraction of sp³-hybridized carbons (Fsp3) is 0.105. The number of carbonyl (C=O) groups excluding carboxylic acids is 1. The summed E-state index contributed by atoms with van der Waals surface area (Å²) in [5.74, 6) is -0.0199. The minimum Gasteiger partial charge on any atom is -0.290 e. The van der Waals surface area contributed by atoms with Gasteiger partial charge in [-0.25, -0.2) is 0 Å². The normalized spacial score (nSPS) is 11.4. The van der Waals surface area contributed by atoms with Gasteiger partial charge in [0.15, 0.2) is 5.78 Å². The van der Waals surface area contributed by atoms with Crippen LogP contribution in [0, 0.1) is 0 Å². The standard InChI is InChI=1S/C19H16Br2O/c20-13-17-5-1-3-15(11-17)7-9-19(22)10-8-16-4-2-6-18(12-16)14-21/h1-12H,13-14H2. The van der Waals surface area contributed by atoms with E-state index in [2.05, 4.69) is 44.0 Å². The second-order valence-electron chi connectivity index (χ2n) is 4.83. The first kappa shape index (κ1) is 16.9. The molecule has 0 aliphatic heterocycles. The van der Waals surface area contributed by atoms with E-state index < -0.39 is 0 Å². The molecule has 112 valence electrons. The molecule has 0 heterocycles. The van der Waals surface area contributed by atoms with E-state index in [9.17, 15) is 4.79 Å². The van der Waals surface area contributed by atoms with E-state index >= 15 is 0 Å². The Hall–Kier alpha value is -1.45. The third-order valence-corrected chi connectivity index (χ3v) is 4.39. The molecule has 0 fully saturated rings. The van der Waals surface area contributed by atoms with Crippen LogP contribution in [0.25, 0.3) is 12.2 Å². The molecule has 0 saturated heterocycles. The Bertz CT molecular complexity index is 643. The summed E-state index contributed by atoms with van der Waals surface area (Å²) in [4.78, 5) is 11.9. The molecule has 0 spiro atoms. The number of hydrogen-bond acceptors (Lipinski definition) is 1. The van der Waals surface area contributed by atoms with Crippen LogP contribution in [-0.4, -0.2) is 5.78 Å². The minimum atomic E-state index is -0.0199. The maximum Gasteiger partial charge on any atom is 0.178 e. The highest BCUT2D eigenvalue weighted by atomic mass is 79.9. The van der Waals surface area contributed by atoms with Crippen molar-refractivity contribution in [2.24, 2.45) is 0 Å². The van der Waals surface area contributed by atoms with E-state index in [1.54, 1.807) is 12.2 Å². The molecule has 0 amide bonds. The number of alkyl halides is 2. The zero-order valence-electron chi connectivity index (χ0n) is 12.0. The quantitative estimate of drug-likeness (QED) is 0.428. The van der Waals surface area contributed by atoms with Crippen LogP contribution in [0.5, 0.6) is 0 Å². The number of hydrogen-bond donors (Lipinski definition) is 0. The van der Waals surface area contributed by atoms with Crippen LogP contribution < -0.4 is 0 Å². The predicted octanol–water partition coefficient (Wildman–Crippen LogP) is 5.77. The summed E-state index contributed by atoms with van der Waals surface area (Å²) in [6.45, 7) is 0. The van der Waals surface area contributed by atoms with Crippen LogP contribution in [0.3, 0.4) is 0 Å². The van der Waals surface area contributed by atoms with Crippen LogP contribution in [0.15, 0.2) is 60.7 Å². The van der Waals surface area contributed by atoms with Crippen LogP contribution in [0.4, 0.5) is 0 Å². The van der Waals surface area contributed by atoms with Crippen molar-refractivity contribution in [3.63, 3.8) is 0 Å². The molecule has 2 aromatic rings. The molecular weight excluding hydrogens is 404 g/mol. The van der Waals surface area contributed by atoms with Crippen molar-refractivity contribution in [1.82, 2.24) is 0 Å². The average molecular weight is 420 g/mol. The molecular formula is C19H16Br2O. The van der Waals surface area contributed by atoms with Gasteiger partial charge >= 0.3 is 0 Å². The van der Waals surface area contributed by atoms with Crippen molar-refractivity contribution in [3.8, 4) is 0 Å². The first-order chi connectivity index (χ1) is 10.7. The fourth-order valence-corrected chi connectivity index (χ4v) is 2.67. The largest absolute Gasteiger partial charge is 0.290 e. The van der Waals surface area contributed by atoms with Gasteiger partial charge in [0.1, 0.15) is 0 Å². The highest BCUT2D eigenvalue weighted by Crippen LogP contribution is 2.12. The van der Waals surface area contributed by atoms with Crippen molar-refractivity contribution in [2.45, 2.75) is 10.7 Å². The third kappa shape index (κ3) is 5.39. The van der Waals surface area contributed by atoms with Crippen LogP contribution in [-0.2, 0) is 15.5 Å². The Morgan fingerprint density at radius 2 is 1.27 bits per heavy atom. The summed E-state index contributed by atoms with van der Waals surface area (Å²) in [6.07, 6.45) is 6.87. The molecule has 2 rings (SSSR count). The van der Waals surface area contributed by atoms with E-state index in [-0.39, 0.29) is 5.78 Å². The highest BCUT2D eigenvalue weighted by Gasteiger charge is 1.95. The Kier molecular flexibility index (Phi) is 6.81. The molecule has 2 aromatic carbocycles. The second-order valence-corrected chi connectivity index (χ2v) is 5.95. The first-order valence-electron chi connectivity index (χ1n) is 6.91. The van der Waals surface area contributed by atoms with Gasteiger partial charge in [-0.15, -0.1) is 0 Å². The monoisotopic (exact) mass is 418 g/mol. The molecule has 0 aromatic heterocycles. The highest BCUT2D eigenvalue weighted by molar-refractivity contribution is 9.08. The molecule has 0 N–H and O–H groups in total. The molecule has 22 heavy (non-hydrogen) atoms. The number of benzene rings is 2. The van der Waals surface area contributed by atoms with E-state index in [1.165, 1.54) is 11.1 Å². The molecule has 0 atom stereocenters. The smallest absolute Gasteiger partial charge is 0.178 e. The summed E-state index contributed by atoms with van der Waals surface area (Å²) in [6, 6.07) is 16.2. The Balaban J connectivity index is 2.02. The van der Waals surface area contributed by atoms with E-state index in [4.69, 9.17) is 0 Å². The van der Waals surface area contributed by atoms with Gasteiger partial charge in [-0.1, -0.05) is 92.5 Å². The van der Waals surface area contributed by atoms with Crippen LogP contribution in [0.1, 0.15) is 22.3 Å². The van der Waals surface area contributed by atoms with Gasteiger partial charge in [-0.05, 0) is 34.4 Å². The fourth-order valence-electron chi connectivity index (χ4n) is 1.97. The van der Waals surface area contributed by atoms with Gasteiger partial charge < -0.3 is 0 Å². The molecule has 0 radical (unpaired) electrons. The summed E-state index contributed by atoms with van der Waals surface area (Å²) in [7, 11) is 0. The molecule has 3 heteroatoms. The third-order valence-electron chi connectivity index (χ3n) is 3.09. The molecule has 0 bridgehead atoms. The van der Waals surface area contributed by atoms with Gasteiger partial charge in [0.25, 0.3) is 0 Å². The number of carbonyl (C=O) groups is 1. The number of halogens is 2. The maximum atomic E-state index is 11.9. The number of ketones is 1. The lowest BCUT2D eigenvalue weighted by molar-refractivity contribution is -0.110. The Morgan fingerprint density at radius 3 is 1.68 bits per heavy atom. The van der Waals surface area contributed by atoms with E-state index in [0.717, 1.165) is 21.8 Å². The zero-order chi connectivity index (χ0) is 15.8. The van der Waals surface area contributed by atoms with Gasteiger partial charge in [0, 0.05) is 10.7 Å². The summed E-state index contributed by atoms with van der Waals surface area (Å²) < 4.78 is 0. The SMILES string of the molecule is O=C(C=Cc1cccc(CBr)c1)C=Cc1cccc(CBr)c1. The Labute approximate surface area is 148 Å². The molecule has 0 aliphatic carbocycles. The first-order valence-corrected chi connectivity index (χ1v) is 9.15. The second kappa shape index (κ2) is 8.86. The summed E-state index contributed by atoms with van der Waals surface area (Å²) >= 11 is 6.86. The molecule has 1 nitrogen and oxygen atoms in total. The van der Waals surface area contributed by atoms with E-state index in [1.807, 2.05) is 48.6 Å². The maximum absolute atomic E-state index is 11.9. The van der Waals surface area contributed by atoms with Gasteiger partial charge in [0.2, 0.25) is 0 Å².